The first kappa shape index (κ1) is 21.5. The summed E-state index contributed by atoms with van der Waals surface area (Å²) in [7, 11) is -1.17. The minimum Gasteiger partial charge on any atom is -0.352 e. The number of fused-ring (bicyclic) bond motifs is 1. The van der Waals surface area contributed by atoms with Crippen molar-refractivity contribution in [2.24, 2.45) is 16.8 Å². The van der Waals surface area contributed by atoms with Crippen LogP contribution in [0.3, 0.4) is 0 Å². The van der Waals surface area contributed by atoms with E-state index in [2.05, 4.69) is 15.2 Å². The average molecular weight is 491 g/mol. The summed E-state index contributed by atoms with van der Waals surface area (Å²) in [6.45, 7) is 2.88. The summed E-state index contributed by atoms with van der Waals surface area (Å²) < 4.78 is 23.0. The van der Waals surface area contributed by atoms with Gasteiger partial charge in [0.05, 0.1) is 5.75 Å². The molecule has 1 heterocycles. The fourth-order valence-corrected chi connectivity index (χ4v) is 5.01. The van der Waals surface area contributed by atoms with Crippen LogP contribution >= 0.6 is 24.0 Å². The van der Waals surface area contributed by atoms with Crippen LogP contribution in [-0.2, 0) is 22.1 Å². The van der Waals surface area contributed by atoms with Crippen LogP contribution in [0.1, 0.15) is 36.8 Å². The molecule has 2 aliphatic rings. The van der Waals surface area contributed by atoms with Crippen molar-refractivity contribution in [1.29, 1.82) is 0 Å². The third-order valence-corrected chi connectivity index (χ3v) is 6.22. The van der Waals surface area contributed by atoms with E-state index in [4.69, 9.17) is 0 Å². The first-order valence-corrected chi connectivity index (χ1v) is 11.2. The van der Waals surface area contributed by atoms with Crippen molar-refractivity contribution in [2.45, 2.75) is 38.0 Å². The second-order valence-electron chi connectivity index (χ2n) is 7.50. The standard InChI is InChI=1S/C19H29N3O2S.HI/c1-20-19(22-12-17-8-3-4-9-18(17)13-22)21-11-15-6-5-7-16(10-15)14-25(2,23)24;/h5-7,10,17-18H,3-4,8-9,11-14H2,1-2H3,(H,20,21);1H. The van der Waals surface area contributed by atoms with Gasteiger partial charge < -0.3 is 10.2 Å². The van der Waals surface area contributed by atoms with E-state index >= 15 is 0 Å². The van der Waals surface area contributed by atoms with Crippen LogP contribution in [0, 0.1) is 11.8 Å². The molecule has 3 rings (SSSR count). The Labute approximate surface area is 174 Å². The summed E-state index contributed by atoms with van der Waals surface area (Å²) in [4.78, 5) is 6.85. The number of halogens is 1. The largest absolute Gasteiger partial charge is 0.352 e. The maximum absolute atomic E-state index is 11.5. The quantitative estimate of drug-likeness (QED) is 0.400. The Morgan fingerprint density at radius 3 is 2.38 bits per heavy atom. The van der Waals surface area contributed by atoms with E-state index in [9.17, 15) is 8.42 Å². The molecule has 1 aliphatic heterocycles. The predicted molar refractivity (Wildman–Crippen MR) is 118 cm³/mol. The van der Waals surface area contributed by atoms with Gasteiger partial charge in [-0.25, -0.2) is 8.42 Å². The molecular weight excluding hydrogens is 461 g/mol. The fourth-order valence-electron chi connectivity index (χ4n) is 4.22. The summed E-state index contributed by atoms with van der Waals surface area (Å²) in [5.41, 5.74) is 1.92. The molecule has 1 saturated carbocycles. The Morgan fingerprint density at radius 2 is 1.81 bits per heavy atom. The van der Waals surface area contributed by atoms with Gasteiger partial charge >= 0.3 is 0 Å². The summed E-state index contributed by atoms with van der Waals surface area (Å²) >= 11 is 0. The lowest BCUT2D eigenvalue weighted by molar-refractivity contribution is 0.299. The maximum Gasteiger partial charge on any atom is 0.193 e. The molecule has 0 aromatic heterocycles. The fraction of sp³-hybridized carbons (Fsp3) is 0.632. The van der Waals surface area contributed by atoms with Crippen LogP contribution < -0.4 is 5.32 Å². The highest BCUT2D eigenvalue weighted by Gasteiger charge is 2.35. The first-order chi connectivity index (χ1) is 11.9. The number of hydrogen-bond donors (Lipinski definition) is 1. The molecular formula is C19H30IN3O2S. The van der Waals surface area contributed by atoms with Crippen molar-refractivity contribution >= 4 is 39.8 Å². The van der Waals surface area contributed by atoms with E-state index in [1.54, 1.807) is 0 Å². The zero-order valence-corrected chi connectivity index (χ0v) is 18.8. The van der Waals surface area contributed by atoms with Gasteiger partial charge in [0, 0.05) is 32.9 Å². The van der Waals surface area contributed by atoms with Crippen molar-refractivity contribution < 1.29 is 8.42 Å². The van der Waals surface area contributed by atoms with Gasteiger partial charge in [-0.1, -0.05) is 37.1 Å². The van der Waals surface area contributed by atoms with Crippen molar-refractivity contribution in [3.05, 3.63) is 35.4 Å². The maximum atomic E-state index is 11.5. The van der Waals surface area contributed by atoms with Gasteiger partial charge in [-0.15, -0.1) is 24.0 Å². The number of rotatable bonds is 4. The lowest BCUT2D eigenvalue weighted by Gasteiger charge is -2.22. The molecule has 1 aliphatic carbocycles. The van der Waals surface area contributed by atoms with Crippen LogP contribution in [-0.4, -0.2) is 45.7 Å². The third-order valence-electron chi connectivity index (χ3n) is 5.36. The third kappa shape index (κ3) is 5.84. The van der Waals surface area contributed by atoms with E-state index in [-0.39, 0.29) is 29.7 Å². The second kappa shape index (κ2) is 9.39. The molecule has 7 heteroatoms. The lowest BCUT2D eigenvalue weighted by atomic mass is 9.82. The van der Waals surface area contributed by atoms with E-state index in [0.29, 0.717) is 6.54 Å². The Bertz CT molecular complexity index is 722. The molecule has 5 nitrogen and oxygen atoms in total. The lowest BCUT2D eigenvalue weighted by Crippen LogP contribution is -2.39. The number of benzene rings is 1. The summed E-state index contributed by atoms with van der Waals surface area (Å²) in [6, 6.07) is 7.77. The van der Waals surface area contributed by atoms with Gasteiger partial charge in [0.25, 0.3) is 0 Å². The summed E-state index contributed by atoms with van der Waals surface area (Å²) in [5, 5.41) is 3.45. The van der Waals surface area contributed by atoms with Crippen LogP contribution in [0.25, 0.3) is 0 Å². The highest BCUT2D eigenvalue weighted by Crippen LogP contribution is 2.35. The topological polar surface area (TPSA) is 61.8 Å². The van der Waals surface area contributed by atoms with E-state index < -0.39 is 9.84 Å². The van der Waals surface area contributed by atoms with Gasteiger partial charge in [-0.3, -0.25) is 4.99 Å². The molecule has 2 fully saturated rings. The number of guanidine groups is 1. The molecule has 0 bridgehead atoms. The Morgan fingerprint density at radius 1 is 1.19 bits per heavy atom. The van der Waals surface area contributed by atoms with Crippen molar-refractivity contribution in [3.8, 4) is 0 Å². The zero-order chi connectivity index (χ0) is 17.9. The monoisotopic (exact) mass is 491 g/mol. The molecule has 0 radical (unpaired) electrons. The molecule has 1 aromatic rings. The summed E-state index contributed by atoms with van der Waals surface area (Å²) in [6.07, 6.45) is 6.71. The smallest absolute Gasteiger partial charge is 0.193 e. The number of nitrogens with one attached hydrogen (secondary N) is 1. The first-order valence-electron chi connectivity index (χ1n) is 9.16. The number of aliphatic imine (C=N–C) groups is 1. The molecule has 1 saturated heterocycles. The summed E-state index contributed by atoms with van der Waals surface area (Å²) in [5.74, 6) is 2.70. The minimum atomic E-state index is -3.01. The Hall–Kier alpha value is -0.830. The van der Waals surface area contributed by atoms with Gasteiger partial charge in [0.15, 0.2) is 15.8 Å². The molecule has 1 N–H and O–H groups in total. The molecule has 1 aromatic carbocycles. The van der Waals surface area contributed by atoms with Crippen molar-refractivity contribution in [1.82, 2.24) is 10.2 Å². The number of sulfone groups is 1. The van der Waals surface area contributed by atoms with Crippen molar-refractivity contribution in [2.75, 3.05) is 26.4 Å². The van der Waals surface area contributed by atoms with Gasteiger partial charge in [-0.2, -0.15) is 0 Å². The Balaban J connectivity index is 0.00000243. The molecule has 0 spiro atoms. The zero-order valence-electron chi connectivity index (χ0n) is 15.6. The normalized spacial score (nSPS) is 23.3. The highest BCUT2D eigenvalue weighted by molar-refractivity contribution is 14.0. The number of nitrogens with zero attached hydrogens (tertiary/aromatic N) is 2. The second-order valence-corrected chi connectivity index (χ2v) is 9.64. The van der Waals surface area contributed by atoms with Crippen molar-refractivity contribution in [3.63, 3.8) is 0 Å². The van der Waals surface area contributed by atoms with Gasteiger partial charge in [0.2, 0.25) is 0 Å². The highest BCUT2D eigenvalue weighted by atomic mass is 127. The van der Waals surface area contributed by atoms with Gasteiger partial charge in [0.1, 0.15) is 0 Å². The van der Waals surface area contributed by atoms with E-state index in [1.807, 2.05) is 31.3 Å². The number of hydrogen-bond acceptors (Lipinski definition) is 3. The average Bonchev–Trinajstić information content (AvgIpc) is 2.98. The van der Waals surface area contributed by atoms with Crippen LogP contribution in [0.2, 0.25) is 0 Å². The minimum absolute atomic E-state index is 0. The van der Waals surface area contributed by atoms with Crippen LogP contribution in [0.15, 0.2) is 29.3 Å². The van der Waals surface area contributed by atoms with Crippen LogP contribution in [0.5, 0.6) is 0 Å². The number of likely N-dealkylation sites (tertiary alicyclic amines) is 1. The predicted octanol–water partition coefficient (Wildman–Crippen LogP) is 3.05. The molecule has 2 atom stereocenters. The SMILES string of the molecule is CN=C(NCc1cccc(CS(C)(=O)=O)c1)N1CC2CCCCC2C1.I. The van der Waals surface area contributed by atoms with Crippen LogP contribution in [0.4, 0.5) is 0 Å². The van der Waals surface area contributed by atoms with E-state index in [0.717, 1.165) is 42.0 Å². The molecule has 2 unspecified atom stereocenters. The molecule has 0 amide bonds. The molecule has 146 valence electrons. The van der Waals surface area contributed by atoms with E-state index in [1.165, 1.54) is 31.9 Å². The Kier molecular flexibility index (Phi) is 7.76. The molecule has 26 heavy (non-hydrogen) atoms. The van der Waals surface area contributed by atoms with Gasteiger partial charge in [-0.05, 0) is 35.8 Å².